The number of rotatable bonds is 5. The molecule has 6 heteroatoms. The summed E-state index contributed by atoms with van der Waals surface area (Å²) in [4.78, 5) is 0. The first kappa shape index (κ1) is 14.0. The highest BCUT2D eigenvalue weighted by Crippen LogP contribution is 2.18. The second-order valence-corrected chi connectivity index (χ2v) is 6.93. The fourth-order valence-corrected chi connectivity index (χ4v) is 3.93. The minimum Gasteiger partial charge on any atom is -0.399 e. The first-order valence-corrected chi connectivity index (χ1v) is 8.42. The molecule has 1 unspecified atom stereocenters. The third kappa shape index (κ3) is 4.05. The molecule has 0 radical (unpaired) electrons. The first-order chi connectivity index (χ1) is 8.96. The molecule has 0 saturated carbocycles. The van der Waals surface area contributed by atoms with Crippen LogP contribution in [0.4, 0.5) is 5.69 Å². The van der Waals surface area contributed by atoms with Gasteiger partial charge in [-0.1, -0.05) is 12.1 Å². The molecular weight excluding hydrogens is 280 g/mol. The zero-order chi connectivity index (χ0) is 13.9. The normalized spacial score (nSPS) is 13.3. The van der Waals surface area contributed by atoms with E-state index in [0.29, 0.717) is 11.3 Å². The number of thiophene rings is 1. The molecule has 0 aliphatic carbocycles. The van der Waals surface area contributed by atoms with Gasteiger partial charge in [0.2, 0.25) is 10.0 Å². The van der Waals surface area contributed by atoms with Gasteiger partial charge in [-0.2, -0.15) is 11.3 Å². The highest BCUT2D eigenvalue weighted by Gasteiger charge is 2.16. The number of anilines is 1. The van der Waals surface area contributed by atoms with Crippen molar-refractivity contribution in [3.05, 3.63) is 52.2 Å². The molecule has 0 aliphatic rings. The molecule has 0 amide bonds. The van der Waals surface area contributed by atoms with Crippen molar-refractivity contribution in [3.8, 4) is 0 Å². The van der Waals surface area contributed by atoms with Gasteiger partial charge in [0, 0.05) is 11.7 Å². The SMILES string of the molecule is CC(NS(=O)(=O)Cc1cccc(N)c1)c1ccsc1. The molecule has 0 saturated heterocycles. The molecule has 1 heterocycles. The molecule has 1 atom stereocenters. The van der Waals surface area contributed by atoms with Gasteiger partial charge in [0.05, 0.1) is 5.75 Å². The average molecular weight is 296 g/mol. The Kier molecular flexibility index (Phi) is 4.24. The quantitative estimate of drug-likeness (QED) is 0.833. The molecule has 1 aromatic heterocycles. The summed E-state index contributed by atoms with van der Waals surface area (Å²) in [5.41, 5.74) is 7.87. The monoisotopic (exact) mass is 296 g/mol. The summed E-state index contributed by atoms with van der Waals surface area (Å²) in [6, 6.07) is 8.61. The maximum absolute atomic E-state index is 12.1. The van der Waals surface area contributed by atoms with Crippen molar-refractivity contribution in [3.63, 3.8) is 0 Å². The molecule has 2 rings (SSSR count). The molecule has 0 aliphatic heterocycles. The van der Waals surface area contributed by atoms with Gasteiger partial charge in [-0.05, 0) is 47.0 Å². The molecule has 1 aromatic carbocycles. The summed E-state index contributed by atoms with van der Waals surface area (Å²) in [6.07, 6.45) is 0. The standard InChI is InChI=1S/C13H16N2O2S2/c1-10(12-5-6-18-8-12)15-19(16,17)9-11-3-2-4-13(14)7-11/h2-8,10,15H,9,14H2,1H3. The second-order valence-electron chi connectivity index (χ2n) is 4.40. The van der Waals surface area contributed by atoms with Crippen molar-refractivity contribution in [2.24, 2.45) is 0 Å². The Morgan fingerprint density at radius 3 is 2.79 bits per heavy atom. The molecule has 2 aromatic rings. The van der Waals surface area contributed by atoms with Crippen LogP contribution in [-0.4, -0.2) is 8.42 Å². The summed E-state index contributed by atoms with van der Waals surface area (Å²) < 4.78 is 26.8. The Bertz CT molecular complexity index is 636. The molecule has 0 spiro atoms. The number of nitrogen functional groups attached to an aromatic ring is 1. The van der Waals surface area contributed by atoms with Crippen LogP contribution in [0.15, 0.2) is 41.1 Å². The van der Waals surface area contributed by atoms with Crippen LogP contribution in [0.5, 0.6) is 0 Å². The lowest BCUT2D eigenvalue weighted by molar-refractivity contribution is 0.566. The number of nitrogens with two attached hydrogens (primary N) is 1. The van der Waals surface area contributed by atoms with Crippen molar-refractivity contribution in [1.29, 1.82) is 0 Å². The highest BCUT2D eigenvalue weighted by atomic mass is 32.2. The molecule has 0 fully saturated rings. The van der Waals surface area contributed by atoms with Crippen LogP contribution in [0.3, 0.4) is 0 Å². The lowest BCUT2D eigenvalue weighted by Gasteiger charge is -2.13. The van der Waals surface area contributed by atoms with Crippen molar-refractivity contribution in [1.82, 2.24) is 4.72 Å². The highest BCUT2D eigenvalue weighted by molar-refractivity contribution is 7.88. The van der Waals surface area contributed by atoms with E-state index in [2.05, 4.69) is 4.72 Å². The zero-order valence-corrected chi connectivity index (χ0v) is 12.2. The van der Waals surface area contributed by atoms with Crippen molar-refractivity contribution < 1.29 is 8.42 Å². The summed E-state index contributed by atoms with van der Waals surface area (Å²) in [5.74, 6) is -0.0630. The van der Waals surface area contributed by atoms with Crippen LogP contribution in [-0.2, 0) is 15.8 Å². The van der Waals surface area contributed by atoms with E-state index >= 15 is 0 Å². The minimum absolute atomic E-state index is 0.0630. The molecular formula is C13H16N2O2S2. The Morgan fingerprint density at radius 1 is 1.37 bits per heavy atom. The number of hydrogen-bond donors (Lipinski definition) is 2. The number of benzene rings is 1. The van der Waals surface area contributed by atoms with Crippen molar-refractivity contribution >= 4 is 27.0 Å². The van der Waals surface area contributed by atoms with E-state index < -0.39 is 10.0 Å². The molecule has 0 bridgehead atoms. The zero-order valence-electron chi connectivity index (χ0n) is 10.5. The van der Waals surface area contributed by atoms with Crippen LogP contribution < -0.4 is 10.5 Å². The van der Waals surface area contributed by atoms with E-state index in [-0.39, 0.29) is 11.8 Å². The van der Waals surface area contributed by atoms with Gasteiger partial charge in [0.25, 0.3) is 0 Å². The lowest BCUT2D eigenvalue weighted by Crippen LogP contribution is -2.27. The van der Waals surface area contributed by atoms with Crippen LogP contribution in [0.2, 0.25) is 0 Å². The summed E-state index contributed by atoms with van der Waals surface area (Å²) >= 11 is 1.55. The van der Waals surface area contributed by atoms with E-state index in [1.54, 1.807) is 35.6 Å². The van der Waals surface area contributed by atoms with Gasteiger partial charge in [0.15, 0.2) is 0 Å². The third-order valence-corrected chi connectivity index (χ3v) is 4.83. The van der Waals surface area contributed by atoms with Crippen molar-refractivity contribution in [2.75, 3.05) is 5.73 Å². The Hall–Kier alpha value is -1.37. The van der Waals surface area contributed by atoms with Gasteiger partial charge in [-0.25, -0.2) is 13.1 Å². The van der Waals surface area contributed by atoms with Gasteiger partial charge >= 0.3 is 0 Å². The predicted octanol–water partition coefficient (Wildman–Crippen LogP) is 2.51. The van der Waals surface area contributed by atoms with E-state index in [4.69, 9.17) is 5.73 Å². The predicted molar refractivity (Wildman–Crippen MR) is 79.3 cm³/mol. The van der Waals surface area contributed by atoms with E-state index in [1.807, 2.05) is 23.8 Å². The maximum Gasteiger partial charge on any atom is 0.216 e. The Balaban J connectivity index is 2.07. The Labute approximate surface area is 117 Å². The lowest BCUT2D eigenvalue weighted by atomic mass is 10.2. The first-order valence-electron chi connectivity index (χ1n) is 5.83. The molecule has 102 valence electrons. The van der Waals surface area contributed by atoms with Crippen LogP contribution in [0.1, 0.15) is 24.1 Å². The third-order valence-electron chi connectivity index (χ3n) is 2.71. The minimum atomic E-state index is -3.38. The smallest absolute Gasteiger partial charge is 0.216 e. The fourth-order valence-electron chi connectivity index (χ4n) is 1.80. The largest absolute Gasteiger partial charge is 0.399 e. The number of hydrogen-bond acceptors (Lipinski definition) is 4. The molecule has 19 heavy (non-hydrogen) atoms. The topological polar surface area (TPSA) is 72.2 Å². The van der Waals surface area contributed by atoms with E-state index in [1.165, 1.54) is 0 Å². The van der Waals surface area contributed by atoms with Gasteiger partial charge < -0.3 is 5.73 Å². The van der Waals surface area contributed by atoms with Gasteiger partial charge in [-0.15, -0.1) is 0 Å². The van der Waals surface area contributed by atoms with Crippen LogP contribution in [0, 0.1) is 0 Å². The second kappa shape index (κ2) is 5.73. The van der Waals surface area contributed by atoms with Crippen LogP contribution >= 0.6 is 11.3 Å². The summed E-state index contributed by atoms with van der Waals surface area (Å²) in [5, 5.41) is 3.87. The van der Waals surface area contributed by atoms with E-state index in [0.717, 1.165) is 5.56 Å². The maximum atomic E-state index is 12.1. The molecule has 4 nitrogen and oxygen atoms in total. The summed E-state index contributed by atoms with van der Waals surface area (Å²) in [6.45, 7) is 1.83. The van der Waals surface area contributed by atoms with Crippen molar-refractivity contribution in [2.45, 2.75) is 18.7 Å². The number of nitrogens with one attached hydrogen (secondary N) is 1. The van der Waals surface area contributed by atoms with Crippen LogP contribution in [0.25, 0.3) is 0 Å². The molecule has 3 N–H and O–H groups in total. The fraction of sp³-hybridized carbons (Fsp3) is 0.231. The Morgan fingerprint density at radius 2 is 2.16 bits per heavy atom. The summed E-state index contributed by atoms with van der Waals surface area (Å²) in [7, 11) is -3.38. The van der Waals surface area contributed by atoms with Gasteiger partial charge in [-0.3, -0.25) is 0 Å². The number of sulfonamides is 1. The van der Waals surface area contributed by atoms with Gasteiger partial charge in [0.1, 0.15) is 0 Å². The van der Waals surface area contributed by atoms with E-state index in [9.17, 15) is 8.42 Å². The average Bonchev–Trinajstić information content (AvgIpc) is 2.80.